The molecule has 0 spiro atoms. The minimum atomic E-state index is -0.343. The van der Waals surface area contributed by atoms with Crippen molar-refractivity contribution >= 4 is 33.4 Å². The van der Waals surface area contributed by atoms with Crippen molar-refractivity contribution in [1.82, 2.24) is 4.90 Å². The third kappa shape index (κ3) is 3.07. The summed E-state index contributed by atoms with van der Waals surface area (Å²) in [6.45, 7) is 1.03. The minimum absolute atomic E-state index is 0.120. The van der Waals surface area contributed by atoms with Gasteiger partial charge in [-0.15, -0.1) is 0 Å². The van der Waals surface area contributed by atoms with Gasteiger partial charge < -0.3 is 16.4 Å². The molecule has 19 heavy (non-hydrogen) atoms. The molecule has 2 amide bonds. The van der Waals surface area contributed by atoms with Crippen LogP contribution in [-0.4, -0.2) is 29.8 Å². The van der Waals surface area contributed by atoms with Crippen LogP contribution in [0.5, 0.6) is 0 Å². The normalized spacial score (nSPS) is 19.2. The number of hydrogen-bond acceptors (Lipinski definition) is 3. The summed E-state index contributed by atoms with van der Waals surface area (Å²) in [5.74, 6) is -0.716. The zero-order valence-corrected chi connectivity index (χ0v) is 12.0. The van der Waals surface area contributed by atoms with E-state index >= 15 is 0 Å². The van der Waals surface area contributed by atoms with E-state index in [-0.39, 0.29) is 17.7 Å². The number of carbonyl (C=O) groups is 2. The zero-order valence-electron chi connectivity index (χ0n) is 10.4. The van der Waals surface area contributed by atoms with Crippen LogP contribution < -0.4 is 11.5 Å². The molecule has 1 aromatic rings. The lowest BCUT2D eigenvalue weighted by molar-refractivity contribution is -0.123. The van der Waals surface area contributed by atoms with Crippen LogP contribution in [0.15, 0.2) is 22.7 Å². The summed E-state index contributed by atoms with van der Waals surface area (Å²) in [6.07, 6.45) is 1.54. The molecule has 1 heterocycles. The van der Waals surface area contributed by atoms with Gasteiger partial charge in [-0.25, -0.2) is 0 Å². The molecule has 0 aromatic heterocycles. The smallest absolute Gasteiger partial charge is 0.255 e. The molecule has 5 nitrogen and oxygen atoms in total. The highest BCUT2D eigenvalue weighted by molar-refractivity contribution is 9.10. The third-order valence-corrected chi connectivity index (χ3v) is 4.02. The summed E-state index contributed by atoms with van der Waals surface area (Å²) >= 11 is 3.35. The van der Waals surface area contributed by atoms with E-state index in [2.05, 4.69) is 15.9 Å². The number of primary amides is 1. The van der Waals surface area contributed by atoms with E-state index in [1.807, 2.05) is 0 Å². The van der Waals surface area contributed by atoms with Crippen LogP contribution in [-0.2, 0) is 4.79 Å². The van der Waals surface area contributed by atoms with Crippen molar-refractivity contribution in [3.63, 3.8) is 0 Å². The molecule has 0 bridgehead atoms. The predicted octanol–water partition coefficient (Wildman–Crippen LogP) is 1.37. The summed E-state index contributed by atoms with van der Waals surface area (Å²) in [4.78, 5) is 25.3. The van der Waals surface area contributed by atoms with Gasteiger partial charge in [0.25, 0.3) is 5.91 Å². The molecule has 0 radical (unpaired) electrons. The quantitative estimate of drug-likeness (QED) is 0.805. The summed E-state index contributed by atoms with van der Waals surface area (Å²) < 4.78 is 0.702. The number of hydrogen-bond donors (Lipinski definition) is 2. The molecule has 6 heteroatoms. The van der Waals surface area contributed by atoms with Gasteiger partial charge in [-0.2, -0.15) is 0 Å². The fourth-order valence-corrected chi connectivity index (χ4v) is 2.69. The Labute approximate surface area is 120 Å². The third-order valence-electron chi connectivity index (χ3n) is 3.33. The summed E-state index contributed by atoms with van der Waals surface area (Å²) in [7, 11) is 0. The maximum absolute atomic E-state index is 12.4. The molecular formula is C13H16BrN3O2. The molecule has 0 saturated carbocycles. The molecule has 1 unspecified atom stereocenters. The molecule has 102 valence electrons. The zero-order chi connectivity index (χ0) is 14.0. The SMILES string of the molecule is NC(=O)C1CCCN(C(=O)c2cc(N)ccc2Br)C1. The van der Waals surface area contributed by atoms with E-state index in [0.29, 0.717) is 28.8 Å². The lowest BCUT2D eigenvalue weighted by Crippen LogP contribution is -2.44. The Balaban J connectivity index is 2.19. The maximum Gasteiger partial charge on any atom is 0.255 e. The van der Waals surface area contributed by atoms with Crippen LogP contribution in [0.4, 0.5) is 5.69 Å². The van der Waals surface area contributed by atoms with Gasteiger partial charge in [0.2, 0.25) is 5.91 Å². The van der Waals surface area contributed by atoms with Crippen molar-refractivity contribution in [1.29, 1.82) is 0 Å². The van der Waals surface area contributed by atoms with Crippen LogP contribution in [0.2, 0.25) is 0 Å². The lowest BCUT2D eigenvalue weighted by atomic mass is 9.97. The first-order valence-electron chi connectivity index (χ1n) is 6.12. The average molecular weight is 326 g/mol. The average Bonchev–Trinajstić information content (AvgIpc) is 2.41. The van der Waals surface area contributed by atoms with E-state index in [9.17, 15) is 9.59 Å². The molecule has 4 N–H and O–H groups in total. The van der Waals surface area contributed by atoms with Gasteiger partial charge in [0.15, 0.2) is 0 Å². The number of benzene rings is 1. The number of halogens is 1. The molecule has 1 saturated heterocycles. The van der Waals surface area contributed by atoms with Crippen molar-refractivity contribution in [2.75, 3.05) is 18.8 Å². The van der Waals surface area contributed by atoms with E-state index in [0.717, 1.165) is 12.8 Å². The van der Waals surface area contributed by atoms with Gasteiger partial charge in [-0.1, -0.05) is 0 Å². The number of nitrogens with zero attached hydrogens (tertiary/aromatic N) is 1. The molecule has 1 aliphatic rings. The van der Waals surface area contributed by atoms with Crippen molar-refractivity contribution in [2.24, 2.45) is 11.7 Å². The van der Waals surface area contributed by atoms with Crippen molar-refractivity contribution in [3.8, 4) is 0 Å². The van der Waals surface area contributed by atoms with E-state index in [1.54, 1.807) is 23.1 Å². The van der Waals surface area contributed by atoms with Gasteiger partial charge in [0.05, 0.1) is 11.5 Å². The fraction of sp³-hybridized carbons (Fsp3) is 0.385. The number of amides is 2. The Kier molecular flexibility index (Phi) is 4.09. The highest BCUT2D eigenvalue weighted by atomic mass is 79.9. The van der Waals surface area contributed by atoms with Gasteiger partial charge in [0, 0.05) is 23.2 Å². The van der Waals surface area contributed by atoms with Crippen molar-refractivity contribution in [3.05, 3.63) is 28.2 Å². The second-order valence-electron chi connectivity index (χ2n) is 4.73. The molecule has 2 rings (SSSR count). The van der Waals surface area contributed by atoms with Gasteiger partial charge in [-0.05, 0) is 47.0 Å². The Morgan fingerprint density at radius 3 is 2.79 bits per heavy atom. The van der Waals surface area contributed by atoms with Crippen LogP contribution in [0.25, 0.3) is 0 Å². The minimum Gasteiger partial charge on any atom is -0.399 e. The molecule has 1 aromatic carbocycles. The number of carbonyl (C=O) groups excluding carboxylic acids is 2. The van der Waals surface area contributed by atoms with Crippen LogP contribution >= 0.6 is 15.9 Å². The first kappa shape index (κ1) is 13.9. The van der Waals surface area contributed by atoms with Gasteiger partial charge in [-0.3, -0.25) is 9.59 Å². The summed E-state index contributed by atoms with van der Waals surface area (Å²) in [5.41, 5.74) is 12.1. The standard InChI is InChI=1S/C13H16BrN3O2/c14-11-4-3-9(15)6-10(11)13(19)17-5-1-2-8(7-17)12(16)18/h3-4,6,8H,1-2,5,7,15H2,(H2,16,18). The highest BCUT2D eigenvalue weighted by Gasteiger charge is 2.28. The number of rotatable bonds is 2. The monoisotopic (exact) mass is 325 g/mol. The van der Waals surface area contributed by atoms with E-state index in [4.69, 9.17) is 11.5 Å². The number of nitrogen functional groups attached to an aromatic ring is 1. The summed E-state index contributed by atoms with van der Waals surface area (Å²) in [5, 5.41) is 0. The van der Waals surface area contributed by atoms with Crippen LogP contribution in [0.1, 0.15) is 23.2 Å². The lowest BCUT2D eigenvalue weighted by Gasteiger charge is -2.31. The predicted molar refractivity (Wildman–Crippen MR) is 76.4 cm³/mol. The number of anilines is 1. The largest absolute Gasteiger partial charge is 0.399 e. The van der Waals surface area contributed by atoms with Crippen molar-refractivity contribution < 1.29 is 9.59 Å². The Morgan fingerprint density at radius 2 is 2.11 bits per heavy atom. The second kappa shape index (κ2) is 5.61. The molecule has 1 aliphatic heterocycles. The first-order chi connectivity index (χ1) is 8.99. The van der Waals surface area contributed by atoms with Crippen molar-refractivity contribution in [2.45, 2.75) is 12.8 Å². The second-order valence-corrected chi connectivity index (χ2v) is 5.59. The topological polar surface area (TPSA) is 89.4 Å². The Morgan fingerprint density at radius 1 is 1.37 bits per heavy atom. The summed E-state index contributed by atoms with van der Waals surface area (Å²) in [6, 6.07) is 5.11. The number of piperidine rings is 1. The fourth-order valence-electron chi connectivity index (χ4n) is 2.27. The van der Waals surface area contributed by atoms with Crippen LogP contribution in [0.3, 0.4) is 0 Å². The first-order valence-corrected chi connectivity index (χ1v) is 6.92. The van der Waals surface area contributed by atoms with Gasteiger partial charge >= 0.3 is 0 Å². The Bertz CT molecular complexity index is 519. The van der Waals surface area contributed by atoms with E-state index in [1.165, 1.54) is 0 Å². The Hall–Kier alpha value is -1.56. The number of likely N-dealkylation sites (tertiary alicyclic amines) is 1. The van der Waals surface area contributed by atoms with Crippen LogP contribution in [0, 0.1) is 5.92 Å². The highest BCUT2D eigenvalue weighted by Crippen LogP contribution is 2.24. The maximum atomic E-state index is 12.4. The van der Waals surface area contributed by atoms with E-state index < -0.39 is 0 Å². The molecule has 0 aliphatic carbocycles. The molecule has 1 atom stereocenters. The number of nitrogens with two attached hydrogens (primary N) is 2. The van der Waals surface area contributed by atoms with Gasteiger partial charge in [0.1, 0.15) is 0 Å². The molecule has 1 fully saturated rings. The molecular weight excluding hydrogens is 310 g/mol.